The van der Waals surface area contributed by atoms with Crippen LogP contribution >= 0.6 is 0 Å². The van der Waals surface area contributed by atoms with Crippen LogP contribution in [0.15, 0.2) is 24.3 Å². The van der Waals surface area contributed by atoms with Gasteiger partial charge in [0.15, 0.2) is 0 Å². The molecule has 4 atom stereocenters. The van der Waals surface area contributed by atoms with Gasteiger partial charge in [-0.2, -0.15) is 0 Å². The first-order valence-electron chi connectivity index (χ1n) is 10.7. The summed E-state index contributed by atoms with van der Waals surface area (Å²) in [6, 6.07) is 6.87. The molecule has 1 aliphatic carbocycles. The molecule has 1 heterocycles. The van der Waals surface area contributed by atoms with Crippen molar-refractivity contribution in [2.24, 2.45) is 11.1 Å². The standard InChI is InChI=1S/C24H33N3O3/c1-5-13-30-17-14-20(27(15-17)23(29)21(25)24(2,3)4)22(28)26-19-12-8-10-16-9-6-7-11-18(16)19/h1,6-7,9,11,17,19-21H,8,10,12-15,25H2,2-4H3,(H,26,28)/t17-,19+,20-,21+/m0/s1. The third-order valence-electron chi connectivity index (χ3n) is 6.14. The maximum Gasteiger partial charge on any atom is 0.243 e. The van der Waals surface area contributed by atoms with Gasteiger partial charge in [0.2, 0.25) is 11.8 Å². The Kier molecular flexibility index (Phi) is 6.84. The smallest absolute Gasteiger partial charge is 0.243 e. The van der Waals surface area contributed by atoms with E-state index in [0.29, 0.717) is 13.0 Å². The SMILES string of the molecule is C#CCO[C@H]1C[C@@H](C(=O)N[C@@H]2CCCc3ccccc32)N(C(=O)[C@@H](N)C(C)(C)C)C1. The molecular weight excluding hydrogens is 378 g/mol. The fraction of sp³-hybridized carbons (Fsp3) is 0.583. The first-order chi connectivity index (χ1) is 14.2. The van der Waals surface area contributed by atoms with Gasteiger partial charge >= 0.3 is 0 Å². The van der Waals surface area contributed by atoms with Crippen molar-refractivity contribution in [1.82, 2.24) is 10.2 Å². The third kappa shape index (κ3) is 4.85. The molecule has 3 rings (SSSR count). The highest BCUT2D eigenvalue weighted by atomic mass is 16.5. The molecule has 0 radical (unpaired) electrons. The second kappa shape index (κ2) is 9.20. The molecule has 1 saturated heterocycles. The Bertz CT molecular complexity index is 824. The van der Waals surface area contributed by atoms with Crippen molar-refractivity contribution < 1.29 is 14.3 Å². The summed E-state index contributed by atoms with van der Waals surface area (Å²) in [5.74, 6) is 2.08. The molecule has 1 aromatic rings. The van der Waals surface area contributed by atoms with Crippen molar-refractivity contribution in [1.29, 1.82) is 0 Å². The fourth-order valence-corrected chi connectivity index (χ4v) is 4.30. The lowest BCUT2D eigenvalue weighted by Crippen LogP contribution is -2.55. The van der Waals surface area contributed by atoms with Crippen molar-refractivity contribution in [2.45, 2.75) is 70.7 Å². The van der Waals surface area contributed by atoms with Gasteiger partial charge in [0.05, 0.1) is 18.2 Å². The van der Waals surface area contributed by atoms with Crippen LogP contribution in [0.4, 0.5) is 0 Å². The number of nitrogens with one attached hydrogen (secondary N) is 1. The molecule has 2 amide bonds. The number of ether oxygens (including phenoxy) is 1. The Morgan fingerprint density at radius 1 is 1.37 bits per heavy atom. The van der Waals surface area contributed by atoms with Gasteiger partial charge in [-0.15, -0.1) is 6.42 Å². The van der Waals surface area contributed by atoms with E-state index in [1.54, 1.807) is 4.90 Å². The molecule has 0 unspecified atom stereocenters. The van der Waals surface area contributed by atoms with E-state index in [0.717, 1.165) is 19.3 Å². The number of hydrogen-bond acceptors (Lipinski definition) is 4. The molecule has 0 bridgehead atoms. The van der Waals surface area contributed by atoms with Crippen molar-refractivity contribution in [3.05, 3.63) is 35.4 Å². The molecule has 2 aliphatic rings. The fourth-order valence-electron chi connectivity index (χ4n) is 4.30. The number of hydrogen-bond donors (Lipinski definition) is 2. The van der Waals surface area contributed by atoms with E-state index in [1.165, 1.54) is 11.1 Å². The average molecular weight is 412 g/mol. The summed E-state index contributed by atoms with van der Waals surface area (Å²) in [5, 5.41) is 3.19. The van der Waals surface area contributed by atoms with Crippen LogP contribution in [0.25, 0.3) is 0 Å². The summed E-state index contributed by atoms with van der Waals surface area (Å²) in [5.41, 5.74) is 8.27. The van der Waals surface area contributed by atoms with Crippen LogP contribution in [0.2, 0.25) is 0 Å². The van der Waals surface area contributed by atoms with E-state index in [4.69, 9.17) is 16.9 Å². The second-order valence-corrected chi connectivity index (χ2v) is 9.38. The summed E-state index contributed by atoms with van der Waals surface area (Å²) in [7, 11) is 0. The van der Waals surface area contributed by atoms with Gasteiger partial charge in [-0.25, -0.2) is 0 Å². The van der Waals surface area contributed by atoms with E-state index in [1.807, 2.05) is 32.9 Å². The Hall–Kier alpha value is -2.36. The Morgan fingerprint density at radius 3 is 2.80 bits per heavy atom. The highest BCUT2D eigenvalue weighted by Gasteiger charge is 2.44. The molecule has 6 nitrogen and oxygen atoms in total. The first-order valence-corrected chi connectivity index (χ1v) is 10.7. The first kappa shape index (κ1) is 22.3. The normalized spacial score (nSPS) is 24.6. The van der Waals surface area contributed by atoms with Crippen LogP contribution in [0.1, 0.15) is 57.2 Å². The van der Waals surface area contributed by atoms with Crippen LogP contribution in [0.5, 0.6) is 0 Å². The van der Waals surface area contributed by atoms with Gasteiger partial charge in [-0.05, 0) is 35.8 Å². The zero-order valence-electron chi connectivity index (χ0n) is 18.2. The van der Waals surface area contributed by atoms with Gasteiger partial charge in [0.1, 0.15) is 12.6 Å². The van der Waals surface area contributed by atoms with Crippen LogP contribution in [-0.4, -0.2) is 48.1 Å². The maximum absolute atomic E-state index is 13.3. The Balaban J connectivity index is 1.77. The number of rotatable bonds is 5. The summed E-state index contributed by atoms with van der Waals surface area (Å²) < 4.78 is 5.67. The average Bonchev–Trinajstić information content (AvgIpc) is 3.15. The monoisotopic (exact) mass is 411 g/mol. The molecule has 0 saturated carbocycles. The van der Waals surface area contributed by atoms with Gasteiger partial charge in [0.25, 0.3) is 0 Å². The zero-order valence-corrected chi connectivity index (χ0v) is 18.2. The largest absolute Gasteiger partial charge is 0.364 e. The predicted molar refractivity (Wildman–Crippen MR) is 116 cm³/mol. The second-order valence-electron chi connectivity index (χ2n) is 9.38. The summed E-state index contributed by atoms with van der Waals surface area (Å²) in [4.78, 5) is 28.0. The van der Waals surface area contributed by atoms with Crippen molar-refractivity contribution in [3.63, 3.8) is 0 Å². The number of likely N-dealkylation sites (tertiary alicyclic amines) is 1. The number of nitrogens with two attached hydrogens (primary N) is 1. The number of aryl methyl sites for hydroxylation is 1. The third-order valence-corrected chi connectivity index (χ3v) is 6.14. The quantitative estimate of drug-likeness (QED) is 0.728. The van der Waals surface area contributed by atoms with Gasteiger partial charge in [-0.3, -0.25) is 9.59 Å². The van der Waals surface area contributed by atoms with Crippen LogP contribution in [0.3, 0.4) is 0 Å². The van der Waals surface area contributed by atoms with Crippen molar-refractivity contribution in [3.8, 4) is 12.3 Å². The van der Waals surface area contributed by atoms with Crippen LogP contribution < -0.4 is 11.1 Å². The molecule has 6 heteroatoms. The van der Waals surface area contributed by atoms with Crippen molar-refractivity contribution >= 4 is 11.8 Å². The molecule has 1 fully saturated rings. The molecular formula is C24H33N3O3. The number of amides is 2. The Labute approximate surface area is 179 Å². The van der Waals surface area contributed by atoms with Gasteiger partial charge < -0.3 is 20.7 Å². The number of fused-ring (bicyclic) bond motifs is 1. The van der Waals surface area contributed by atoms with Crippen LogP contribution in [0, 0.1) is 17.8 Å². The van der Waals surface area contributed by atoms with Crippen molar-refractivity contribution in [2.75, 3.05) is 13.2 Å². The number of carbonyl (C=O) groups is 2. The summed E-state index contributed by atoms with van der Waals surface area (Å²) in [6.45, 7) is 6.25. The minimum Gasteiger partial charge on any atom is -0.364 e. The predicted octanol–water partition coefficient (Wildman–Crippen LogP) is 2.17. The van der Waals surface area contributed by atoms with E-state index >= 15 is 0 Å². The molecule has 1 aromatic carbocycles. The highest BCUT2D eigenvalue weighted by Crippen LogP contribution is 2.31. The molecule has 162 valence electrons. The topological polar surface area (TPSA) is 84.7 Å². The minimum atomic E-state index is -0.699. The zero-order chi connectivity index (χ0) is 21.9. The highest BCUT2D eigenvalue weighted by molar-refractivity contribution is 5.91. The number of carbonyl (C=O) groups excluding carboxylic acids is 2. The molecule has 0 aromatic heterocycles. The number of nitrogens with zero attached hydrogens (tertiary/aromatic N) is 1. The Morgan fingerprint density at radius 2 is 2.10 bits per heavy atom. The summed E-state index contributed by atoms with van der Waals surface area (Å²) in [6.07, 6.45) is 8.41. The van der Waals surface area contributed by atoms with Gasteiger partial charge in [-0.1, -0.05) is 51.0 Å². The molecule has 1 aliphatic heterocycles. The van der Waals surface area contributed by atoms with E-state index in [9.17, 15) is 9.59 Å². The van der Waals surface area contributed by atoms with E-state index < -0.39 is 17.5 Å². The maximum atomic E-state index is 13.3. The number of terminal acetylenes is 1. The lowest BCUT2D eigenvalue weighted by Gasteiger charge is -2.33. The lowest BCUT2D eigenvalue weighted by atomic mass is 9.86. The summed E-state index contributed by atoms with van der Waals surface area (Å²) >= 11 is 0. The minimum absolute atomic E-state index is 0.0404. The van der Waals surface area contributed by atoms with Crippen LogP contribution in [-0.2, 0) is 20.7 Å². The molecule has 3 N–H and O–H groups in total. The van der Waals surface area contributed by atoms with E-state index in [-0.39, 0.29) is 30.6 Å². The molecule has 0 spiro atoms. The van der Waals surface area contributed by atoms with Gasteiger partial charge in [0, 0.05) is 13.0 Å². The molecule has 30 heavy (non-hydrogen) atoms. The lowest BCUT2D eigenvalue weighted by molar-refractivity contribution is -0.141. The number of benzene rings is 1. The van der Waals surface area contributed by atoms with E-state index in [2.05, 4.69) is 23.4 Å².